The molecule has 0 unspecified atom stereocenters. The maximum absolute atomic E-state index is 14.2. The Morgan fingerprint density at radius 1 is 1.32 bits per heavy atom. The second kappa shape index (κ2) is 5.65. The summed E-state index contributed by atoms with van der Waals surface area (Å²) in [5.41, 5.74) is 4.18. The van der Waals surface area contributed by atoms with Gasteiger partial charge < -0.3 is 9.72 Å². The molecular weight excluding hydrogens is 317 g/mol. The van der Waals surface area contributed by atoms with E-state index in [2.05, 4.69) is 47.1 Å². The molecule has 0 aromatic carbocycles. The summed E-state index contributed by atoms with van der Waals surface area (Å²) < 4.78 is 15.9. The van der Waals surface area contributed by atoms with Gasteiger partial charge in [0.25, 0.3) is 0 Å². The fourth-order valence-electron chi connectivity index (χ4n) is 2.95. The Kier molecular flexibility index (Phi) is 3.56. The monoisotopic (exact) mass is 339 g/mol. The number of aromatic nitrogens is 4. The first-order valence-electron chi connectivity index (χ1n) is 8.34. The van der Waals surface area contributed by atoms with Gasteiger partial charge in [0.1, 0.15) is 0 Å². The third-order valence-corrected chi connectivity index (χ3v) is 4.19. The molecule has 0 radical (unpaired) electrons. The fraction of sp³-hybridized carbons (Fsp3) is 0.316. The van der Waals surface area contributed by atoms with Gasteiger partial charge in [0.05, 0.1) is 5.69 Å². The van der Waals surface area contributed by atoms with Crippen molar-refractivity contribution >= 4 is 17.2 Å². The number of allylic oxidation sites excluding steroid dienone is 1. The van der Waals surface area contributed by atoms with Crippen LogP contribution in [-0.4, -0.2) is 25.9 Å². The fourth-order valence-corrected chi connectivity index (χ4v) is 2.95. The Bertz CT molecular complexity index is 987. The molecule has 0 atom stereocenters. The topological polar surface area (TPSA) is 55.1 Å². The molecule has 0 bridgehead atoms. The van der Waals surface area contributed by atoms with Crippen LogP contribution >= 0.6 is 0 Å². The predicted octanol–water partition coefficient (Wildman–Crippen LogP) is 3.96. The molecule has 0 aliphatic heterocycles. The Hall–Kier alpha value is -2.76. The molecule has 3 aromatic heterocycles. The number of hydrogen-bond donors (Lipinski definition) is 1. The van der Waals surface area contributed by atoms with Crippen LogP contribution in [0, 0.1) is 11.2 Å². The van der Waals surface area contributed by atoms with Crippen LogP contribution in [0.3, 0.4) is 0 Å². The number of pyridine rings is 1. The van der Waals surface area contributed by atoms with Crippen molar-refractivity contribution < 1.29 is 5.82 Å². The minimum absolute atomic E-state index is 0. The Labute approximate surface area is 147 Å². The minimum atomic E-state index is -0.332. The van der Waals surface area contributed by atoms with Gasteiger partial charge >= 0.3 is 0 Å². The molecule has 130 valence electrons. The molecule has 0 saturated heterocycles. The number of fused-ring (bicyclic) bond motifs is 2. The number of rotatable bonds is 3. The third-order valence-electron chi connectivity index (χ3n) is 4.19. The van der Waals surface area contributed by atoms with E-state index < -0.39 is 0 Å². The average molecular weight is 339 g/mol. The predicted molar refractivity (Wildman–Crippen MR) is 98.0 cm³/mol. The van der Waals surface area contributed by atoms with Gasteiger partial charge in [-0.15, -0.1) is 0 Å². The summed E-state index contributed by atoms with van der Waals surface area (Å²) in [5.74, 6) is 0.306. The van der Waals surface area contributed by atoms with Gasteiger partial charge in [-0.2, -0.15) is 0 Å². The smallest absolute Gasteiger partial charge is 0.222 e. The first kappa shape index (κ1) is 15.7. The highest BCUT2D eigenvalue weighted by atomic mass is 19.1. The summed E-state index contributed by atoms with van der Waals surface area (Å²) >= 11 is 0. The van der Waals surface area contributed by atoms with Gasteiger partial charge in [0, 0.05) is 50.3 Å². The summed E-state index contributed by atoms with van der Waals surface area (Å²) in [6.45, 7) is 7.28. The van der Waals surface area contributed by atoms with Crippen molar-refractivity contribution in [1.29, 1.82) is 0 Å². The molecule has 3 heterocycles. The van der Waals surface area contributed by atoms with Crippen LogP contribution in [0.4, 0.5) is 10.3 Å². The van der Waals surface area contributed by atoms with E-state index in [1.54, 1.807) is 16.8 Å². The number of nitrogens with zero attached hydrogens (tertiary/aromatic N) is 4. The van der Waals surface area contributed by atoms with E-state index in [9.17, 15) is 4.39 Å². The highest BCUT2D eigenvalue weighted by Gasteiger charge is 2.20. The number of hydrogen-bond acceptors (Lipinski definition) is 4. The summed E-state index contributed by atoms with van der Waals surface area (Å²) in [7, 11) is 0. The van der Waals surface area contributed by atoms with Crippen molar-refractivity contribution in [2.75, 3.05) is 11.9 Å². The van der Waals surface area contributed by atoms with Crippen molar-refractivity contribution in [1.82, 2.24) is 19.4 Å². The lowest BCUT2D eigenvalue weighted by atomic mass is 9.97. The van der Waals surface area contributed by atoms with E-state index in [1.807, 2.05) is 12.4 Å². The van der Waals surface area contributed by atoms with E-state index in [-0.39, 0.29) is 12.7 Å². The summed E-state index contributed by atoms with van der Waals surface area (Å²) in [5, 5.41) is 3.28. The van der Waals surface area contributed by atoms with E-state index in [0.717, 1.165) is 35.4 Å². The molecule has 1 aliphatic carbocycles. The lowest BCUT2D eigenvalue weighted by Gasteiger charge is -2.18. The Balaban J connectivity index is 0.00000196. The van der Waals surface area contributed by atoms with Crippen molar-refractivity contribution in [2.24, 2.45) is 5.41 Å². The van der Waals surface area contributed by atoms with Crippen molar-refractivity contribution in [3.8, 4) is 0 Å². The zero-order chi connectivity index (χ0) is 17.6. The maximum atomic E-state index is 14.2. The van der Waals surface area contributed by atoms with Crippen LogP contribution in [-0.2, 0) is 6.42 Å². The van der Waals surface area contributed by atoms with Crippen LogP contribution in [0.1, 0.15) is 39.0 Å². The Morgan fingerprint density at radius 3 is 2.96 bits per heavy atom. The molecule has 25 heavy (non-hydrogen) atoms. The molecular formula is C19H22FN5. The second-order valence-corrected chi connectivity index (χ2v) is 7.52. The molecule has 0 amide bonds. The normalized spacial score (nSPS) is 13.8. The summed E-state index contributed by atoms with van der Waals surface area (Å²) in [4.78, 5) is 13.1. The van der Waals surface area contributed by atoms with Crippen LogP contribution in [0.5, 0.6) is 0 Å². The largest absolute Gasteiger partial charge is 0.354 e. The first-order valence-corrected chi connectivity index (χ1v) is 8.34. The SMILES string of the molecule is CC(C)(C)CNc1ncc2c(n1)CC=C2c1cc(F)c2nccn2c1.[HH]. The molecule has 0 spiro atoms. The van der Waals surface area contributed by atoms with Crippen molar-refractivity contribution in [3.05, 3.63) is 59.6 Å². The van der Waals surface area contributed by atoms with Gasteiger partial charge in [-0.3, -0.25) is 0 Å². The second-order valence-electron chi connectivity index (χ2n) is 7.52. The highest BCUT2D eigenvalue weighted by Crippen LogP contribution is 2.32. The van der Waals surface area contributed by atoms with E-state index in [1.165, 1.54) is 6.07 Å². The zero-order valence-electron chi connectivity index (χ0n) is 14.5. The molecule has 4 rings (SSSR count). The van der Waals surface area contributed by atoms with Gasteiger partial charge in [-0.1, -0.05) is 26.8 Å². The molecule has 5 nitrogen and oxygen atoms in total. The summed E-state index contributed by atoms with van der Waals surface area (Å²) in [6, 6.07) is 1.52. The lowest BCUT2D eigenvalue weighted by molar-refractivity contribution is 0.441. The van der Waals surface area contributed by atoms with Crippen molar-refractivity contribution in [2.45, 2.75) is 27.2 Å². The van der Waals surface area contributed by atoms with Crippen LogP contribution in [0.2, 0.25) is 0 Å². The number of nitrogens with one attached hydrogen (secondary N) is 1. The van der Waals surface area contributed by atoms with E-state index in [0.29, 0.717) is 11.6 Å². The molecule has 6 heteroatoms. The molecule has 3 aromatic rings. The van der Waals surface area contributed by atoms with Gasteiger partial charge in [0.2, 0.25) is 5.95 Å². The molecule has 1 N–H and O–H groups in total. The number of imidazole rings is 1. The highest BCUT2D eigenvalue weighted by molar-refractivity contribution is 5.84. The standard InChI is InChI=1S/C19H20FN5.H2/c1-19(2,3)11-23-18-22-9-14-13(4-5-16(14)24-18)12-8-15(20)17-21-6-7-25(17)10-12;/h4,6-10H,5,11H2,1-3H3,(H,22,23,24);1H. The van der Waals surface area contributed by atoms with Gasteiger partial charge in [-0.05, 0) is 17.1 Å². The number of halogens is 1. The van der Waals surface area contributed by atoms with Crippen LogP contribution in [0.15, 0.2) is 36.9 Å². The first-order chi connectivity index (χ1) is 11.9. The van der Waals surface area contributed by atoms with Gasteiger partial charge in [-0.25, -0.2) is 19.3 Å². The lowest BCUT2D eigenvalue weighted by Crippen LogP contribution is -2.20. The van der Waals surface area contributed by atoms with Crippen LogP contribution < -0.4 is 5.32 Å². The molecule has 0 fully saturated rings. The Morgan fingerprint density at radius 2 is 2.16 bits per heavy atom. The average Bonchev–Trinajstić information content (AvgIpc) is 3.18. The van der Waals surface area contributed by atoms with Crippen molar-refractivity contribution in [3.63, 3.8) is 0 Å². The van der Waals surface area contributed by atoms with E-state index >= 15 is 0 Å². The quantitative estimate of drug-likeness (QED) is 0.785. The van der Waals surface area contributed by atoms with E-state index in [4.69, 9.17) is 0 Å². The summed E-state index contributed by atoms with van der Waals surface area (Å²) in [6.07, 6.45) is 9.84. The molecule has 1 aliphatic rings. The van der Waals surface area contributed by atoms with Crippen LogP contribution in [0.25, 0.3) is 11.2 Å². The zero-order valence-corrected chi connectivity index (χ0v) is 14.5. The van der Waals surface area contributed by atoms with Gasteiger partial charge in [0.15, 0.2) is 11.5 Å². The maximum Gasteiger partial charge on any atom is 0.222 e. The minimum Gasteiger partial charge on any atom is -0.354 e. The molecule has 0 saturated carbocycles. The number of anilines is 1. The third kappa shape index (κ3) is 2.99.